The fourth-order valence-electron chi connectivity index (χ4n) is 3.69. The molecule has 2 aliphatic rings. The van der Waals surface area contributed by atoms with E-state index in [0.29, 0.717) is 50.7 Å². The molecule has 0 aromatic heterocycles. The Morgan fingerprint density at radius 2 is 1.81 bits per heavy atom. The lowest BCUT2D eigenvalue weighted by atomic mass is 9.84. The minimum absolute atomic E-state index is 0.00587. The summed E-state index contributed by atoms with van der Waals surface area (Å²) in [6.07, 6.45) is 1.48. The third-order valence-electron chi connectivity index (χ3n) is 5.53. The summed E-state index contributed by atoms with van der Waals surface area (Å²) in [6, 6.07) is 7.01. The van der Waals surface area contributed by atoms with E-state index in [2.05, 4.69) is 4.90 Å². The molecular formula is C19H29FN2O3S. The maximum atomic E-state index is 14.9. The monoisotopic (exact) mass is 384 g/mol. The van der Waals surface area contributed by atoms with Crippen LogP contribution in [0, 0.1) is 5.92 Å². The van der Waals surface area contributed by atoms with Crippen LogP contribution in [0.2, 0.25) is 0 Å². The Balaban J connectivity index is 1.66. The zero-order chi connectivity index (χ0) is 18.8. The van der Waals surface area contributed by atoms with Gasteiger partial charge in [-0.2, -0.15) is 4.31 Å². The van der Waals surface area contributed by atoms with Gasteiger partial charge in [0.05, 0.1) is 18.1 Å². The zero-order valence-corrected chi connectivity index (χ0v) is 16.5. The van der Waals surface area contributed by atoms with E-state index in [0.717, 1.165) is 18.5 Å². The van der Waals surface area contributed by atoms with E-state index >= 15 is 0 Å². The molecule has 1 atom stereocenters. The first kappa shape index (κ1) is 19.7. The van der Waals surface area contributed by atoms with Crippen molar-refractivity contribution in [3.05, 3.63) is 29.8 Å². The van der Waals surface area contributed by atoms with Crippen molar-refractivity contribution in [1.29, 1.82) is 0 Å². The van der Waals surface area contributed by atoms with Gasteiger partial charge in [-0.1, -0.05) is 26.0 Å². The number of benzene rings is 1. The SMILES string of the molecule is CC(C)C1(F)CCCN(Cc2ccc(S(=O)(=O)N3CCOCC3)cc2)C1. The van der Waals surface area contributed by atoms with Crippen LogP contribution < -0.4 is 0 Å². The summed E-state index contributed by atoms with van der Waals surface area (Å²) < 4.78 is 46.9. The summed E-state index contributed by atoms with van der Waals surface area (Å²) in [5.41, 5.74) is -0.114. The molecule has 0 aliphatic carbocycles. The van der Waals surface area contributed by atoms with Crippen LogP contribution in [0.3, 0.4) is 0 Å². The Morgan fingerprint density at radius 3 is 2.42 bits per heavy atom. The highest BCUT2D eigenvalue weighted by Gasteiger charge is 2.38. The van der Waals surface area contributed by atoms with Crippen molar-refractivity contribution < 1.29 is 17.5 Å². The molecule has 0 radical (unpaired) electrons. The molecule has 2 fully saturated rings. The lowest BCUT2D eigenvalue weighted by Gasteiger charge is -2.40. The minimum atomic E-state index is -3.46. The molecule has 1 aromatic carbocycles. The average molecular weight is 385 g/mol. The van der Waals surface area contributed by atoms with Gasteiger partial charge < -0.3 is 4.74 Å². The van der Waals surface area contributed by atoms with E-state index in [4.69, 9.17) is 4.74 Å². The summed E-state index contributed by atoms with van der Waals surface area (Å²) in [5.74, 6) is 0.00587. The van der Waals surface area contributed by atoms with Gasteiger partial charge >= 0.3 is 0 Å². The van der Waals surface area contributed by atoms with E-state index in [9.17, 15) is 12.8 Å². The number of hydrogen-bond acceptors (Lipinski definition) is 4. The summed E-state index contributed by atoms with van der Waals surface area (Å²) in [5, 5.41) is 0. The number of hydrogen-bond donors (Lipinski definition) is 0. The van der Waals surface area contributed by atoms with Crippen LogP contribution in [0.1, 0.15) is 32.3 Å². The van der Waals surface area contributed by atoms with E-state index < -0.39 is 15.7 Å². The predicted octanol–water partition coefficient (Wildman–Crippen LogP) is 2.67. The van der Waals surface area contributed by atoms with Gasteiger partial charge in [-0.3, -0.25) is 4.90 Å². The zero-order valence-electron chi connectivity index (χ0n) is 15.7. The van der Waals surface area contributed by atoms with Crippen LogP contribution in [0.5, 0.6) is 0 Å². The highest BCUT2D eigenvalue weighted by molar-refractivity contribution is 7.89. The van der Waals surface area contributed by atoms with E-state index in [1.54, 1.807) is 12.1 Å². The first-order chi connectivity index (χ1) is 12.3. The van der Waals surface area contributed by atoms with Gasteiger partial charge in [-0.25, -0.2) is 12.8 Å². The van der Waals surface area contributed by atoms with Gasteiger partial charge in [-0.05, 0) is 43.0 Å². The Labute approximate surface area is 156 Å². The number of alkyl halides is 1. The first-order valence-corrected chi connectivity index (χ1v) is 10.8. The van der Waals surface area contributed by atoms with Crippen molar-refractivity contribution in [2.24, 2.45) is 5.92 Å². The predicted molar refractivity (Wildman–Crippen MR) is 99.2 cm³/mol. The highest BCUT2D eigenvalue weighted by Crippen LogP contribution is 2.33. The molecule has 26 heavy (non-hydrogen) atoms. The molecule has 0 bridgehead atoms. The number of likely N-dealkylation sites (tertiary alicyclic amines) is 1. The van der Waals surface area contributed by atoms with Crippen molar-refractivity contribution in [2.75, 3.05) is 39.4 Å². The molecule has 0 N–H and O–H groups in total. The smallest absolute Gasteiger partial charge is 0.243 e. The molecule has 146 valence electrons. The fraction of sp³-hybridized carbons (Fsp3) is 0.684. The summed E-state index contributed by atoms with van der Waals surface area (Å²) in [7, 11) is -3.46. The van der Waals surface area contributed by atoms with Crippen molar-refractivity contribution >= 4 is 10.0 Å². The second-order valence-electron chi connectivity index (χ2n) is 7.66. The van der Waals surface area contributed by atoms with Crippen LogP contribution in [-0.2, 0) is 21.3 Å². The lowest BCUT2D eigenvalue weighted by molar-refractivity contribution is 0.00492. The summed E-state index contributed by atoms with van der Waals surface area (Å²) >= 11 is 0. The highest BCUT2D eigenvalue weighted by atomic mass is 32.2. The molecule has 3 rings (SSSR count). The maximum absolute atomic E-state index is 14.9. The standard InChI is InChI=1S/C19H29FN2O3S/c1-16(2)19(20)8-3-9-21(15-19)14-17-4-6-18(7-5-17)26(23,24)22-10-12-25-13-11-22/h4-7,16H,3,8-15H2,1-2H3. The topological polar surface area (TPSA) is 49.9 Å². The van der Waals surface area contributed by atoms with E-state index in [1.807, 2.05) is 26.0 Å². The third kappa shape index (κ3) is 4.27. The van der Waals surface area contributed by atoms with Gasteiger partial charge in [0.25, 0.3) is 0 Å². The van der Waals surface area contributed by atoms with Gasteiger partial charge in [0.15, 0.2) is 0 Å². The van der Waals surface area contributed by atoms with Crippen molar-refractivity contribution in [3.63, 3.8) is 0 Å². The molecule has 1 aromatic rings. The molecule has 2 aliphatic heterocycles. The Hall–Kier alpha value is -1.02. The molecule has 0 amide bonds. The van der Waals surface area contributed by atoms with Crippen LogP contribution in [0.25, 0.3) is 0 Å². The number of nitrogens with zero attached hydrogens (tertiary/aromatic N) is 2. The fourth-order valence-corrected chi connectivity index (χ4v) is 5.10. The van der Waals surface area contributed by atoms with Gasteiger partial charge in [-0.15, -0.1) is 0 Å². The van der Waals surface area contributed by atoms with Gasteiger partial charge in [0.1, 0.15) is 5.67 Å². The van der Waals surface area contributed by atoms with Crippen molar-refractivity contribution in [3.8, 4) is 0 Å². The number of ether oxygens (including phenoxy) is 1. The van der Waals surface area contributed by atoms with Gasteiger partial charge in [0.2, 0.25) is 10.0 Å². The number of sulfonamides is 1. The molecule has 7 heteroatoms. The van der Waals surface area contributed by atoms with Crippen LogP contribution in [0.4, 0.5) is 4.39 Å². The van der Waals surface area contributed by atoms with Crippen LogP contribution in [0.15, 0.2) is 29.2 Å². The number of morpholine rings is 1. The summed E-state index contributed by atoms with van der Waals surface area (Å²) in [4.78, 5) is 2.44. The number of rotatable bonds is 5. The molecule has 0 spiro atoms. The first-order valence-electron chi connectivity index (χ1n) is 9.39. The van der Waals surface area contributed by atoms with Crippen molar-refractivity contribution in [2.45, 2.75) is 43.8 Å². The Morgan fingerprint density at radius 1 is 1.15 bits per heavy atom. The molecule has 5 nitrogen and oxygen atoms in total. The van der Waals surface area contributed by atoms with E-state index in [-0.39, 0.29) is 5.92 Å². The third-order valence-corrected chi connectivity index (χ3v) is 7.44. The maximum Gasteiger partial charge on any atom is 0.243 e. The van der Waals surface area contributed by atoms with E-state index in [1.165, 1.54) is 4.31 Å². The van der Waals surface area contributed by atoms with Gasteiger partial charge in [0, 0.05) is 26.2 Å². The average Bonchev–Trinajstić information content (AvgIpc) is 2.63. The summed E-state index contributed by atoms with van der Waals surface area (Å²) in [6.45, 7) is 7.52. The number of piperidine rings is 1. The molecule has 0 saturated carbocycles. The largest absolute Gasteiger partial charge is 0.379 e. The van der Waals surface area contributed by atoms with Crippen molar-refractivity contribution in [1.82, 2.24) is 9.21 Å². The molecule has 2 heterocycles. The quantitative estimate of drug-likeness (QED) is 0.783. The lowest BCUT2D eigenvalue weighted by Crippen LogP contribution is -2.47. The normalized spacial score (nSPS) is 26.3. The Bertz CT molecular complexity index is 702. The molecule has 1 unspecified atom stereocenters. The van der Waals surface area contributed by atoms with Crippen LogP contribution >= 0.6 is 0 Å². The molecular weight excluding hydrogens is 355 g/mol. The minimum Gasteiger partial charge on any atom is -0.379 e. The van der Waals surface area contributed by atoms with Crippen LogP contribution in [-0.4, -0.2) is 62.7 Å². The second-order valence-corrected chi connectivity index (χ2v) is 9.60. The molecule has 2 saturated heterocycles. The number of halogens is 1. The second kappa shape index (κ2) is 7.92. The Kier molecular flexibility index (Phi) is 6.01.